The molecule has 2 atom stereocenters. The molecule has 35 heavy (non-hydrogen) atoms. The monoisotopic (exact) mass is 493 g/mol. The lowest BCUT2D eigenvalue weighted by Gasteiger charge is -2.41. The van der Waals surface area contributed by atoms with Gasteiger partial charge in [-0.25, -0.2) is 4.98 Å². The maximum atomic E-state index is 13.4. The molecular weight excluding hydrogens is 462 g/mol. The smallest absolute Gasteiger partial charge is 0.264 e. The molecule has 0 N–H and O–H groups in total. The van der Waals surface area contributed by atoms with E-state index in [-0.39, 0.29) is 17.2 Å². The maximum absolute atomic E-state index is 13.4. The van der Waals surface area contributed by atoms with Crippen LogP contribution in [-0.2, 0) is 6.54 Å². The summed E-state index contributed by atoms with van der Waals surface area (Å²) in [5, 5.41) is 4.68. The first-order valence-electron chi connectivity index (χ1n) is 12.0. The quantitative estimate of drug-likeness (QED) is 0.471. The fraction of sp³-hybridized carbons (Fsp3) is 0.423. The molecule has 5 rings (SSSR count). The van der Waals surface area contributed by atoms with Gasteiger partial charge in [-0.2, -0.15) is 4.68 Å². The molecule has 1 saturated heterocycles. The van der Waals surface area contributed by atoms with Crippen molar-refractivity contribution in [2.24, 2.45) is 0 Å². The van der Waals surface area contributed by atoms with Gasteiger partial charge in [-0.05, 0) is 37.1 Å². The predicted molar refractivity (Wildman–Crippen MR) is 135 cm³/mol. The Hall–Kier alpha value is -2.88. The van der Waals surface area contributed by atoms with Crippen molar-refractivity contribution in [3.63, 3.8) is 0 Å². The number of piperazine rings is 1. The van der Waals surface area contributed by atoms with Crippen molar-refractivity contribution in [3.05, 3.63) is 65.5 Å². The molecule has 0 radical (unpaired) electrons. The van der Waals surface area contributed by atoms with Crippen LogP contribution in [0.25, 0.3) is 0 Å². The number of carbonyl (C=O) groups excluding carboxylic acids is 1. The van der Waals surface area contributed by atoms with Crippen molar-refractivity contribution in [3.8, 4) is 11.5 Å². The molecule has 9 heteroatoms. The summed E-state index contributed by atoms with van der Waals surface area (Å²) in [7, 11) is 1.65. The van der Waals surface area contributed by atoms with Crippen LogP contribution >= 0.6 is 11.8 Å². The minimum Gasteiger partial charge on any atom is -0.493 e. The Labute approximate surface area is 210 Å². The zero-order valence-corrected chi connectivity index (χ0v) is 21.2. The van der Waals surface area contributed by atoms with Gasteiger partial charge in [0, 0.05) is 32.7 Å². The summed E-state index contributed by atoms with van der Waals surface area (Å²) in [6.45, 7) is 8.88. The van der Waals surface area contributed by atoms with Crippen molar-refractivity contribution in [1.29, 1.82) is 0 Å². The molecule has 2 aromatic carbocycles. The maximum Gasteiger partial charge on any atom is 0.264 e. The van der Waals surface area contributed by atoms with E-state index >= 15 is 0 Å². The van der Waals surface area contributed by atoms with E-state index in [1.54, 1.807) is 7.11 Å². The van der Waals surface area contributed by atoms with Crippen molar-refractivity contribution in [1.82, 2.24) is 24.6 Å². The number of nitrogens with zero attached hydrogens (tertiary/aromatic N) is 5. The van der Waals surface area contributed by atoms with E-state index in [9.17, 15) is 4.79 Å². The van der Waals surface area contributed by atoms with E-state index in [0.29, 0.717) is 29.1 Å². The van der Waals surface area contributed by atoms with E-state index in [1.165, 1.54) is 22.0 Å². The Kier molecular flexibility index (Phi) is 7.08. The molecule has 0 amide bonds. The summed E-state index contributed by atoms with van der Waals surface area (Å²) in [5.41, 5.74) is 2.36. The van der Waals surface area contributed by atoms with E-state index < -0.39 is 0 Å². The lowest BCUT2D eigenvalue weighted by Crippen LogP contribution is -2.50. The highest BCUT2D eigenvalue weighted by molar-refractivity contribution is 8.00. The number of aryl methyl sites for hydroxylation is 1. The van der Waals surface area contributed by atoms with Gasteiger partial charge in [0.05, 0.1) is 19.8 Å². The Morgan fingerprint density at radius 1 is 1.09 bits per heavy atom. The molecule has 2 unspecified atom stereocenters. The summed E-state index contributed by atoms with van der Waals surface area (Å²) in [5.74, 6) is 1.99. The molecule has 1 aromatic heterocycles. The zero-order chi connectivity index (χ0) is 24.4. The second-order valence-corrected chi connectivity index (χ2v) is 9.92. The van der Waals surface area contributed by atoms with E-state index in [4.69, 9.17) is 9.47 Å². The Bertz CT molecular complexity index is 1180. The lowest BCUT2D eigenvalue weighted by atomic mass is 9.99. The molecule has 8 nitrogen and oxygen atoms in total. The van der Waals surface area contributed by atoms with Crippen molar-refractivity contribution in [2.75, 3.05) is 39.9 Å². The van der Waals surface area contributed by atoms with Gasteiger partial charge in [0.15, 0.2) is 16.7 Å². The third-order valence-corrected chi connectivity index (χ3v) is 7.72. The first-order chi connectivity index (χ1) is 17.1. The Balaban J connectivity index is 1.40. The minimum absolute atomic E-state index is 0.0184. The SMILES string of the molecule is CCOc1ccc(C(C2Sc3nc(C)nn3C2=O)N2CCN(Cc3ccccc3)CC2)cc1OC. The number of hydrogen-bond donors (Lipinski definition) is 0. The third kappa shape index (κ3) is 4.94. The Morgan fingerprint density at radius 2 is 1.86 bits per heavy atom. The third-order valence-electron chi connectivity index (χ3n) is 6.53. The van der Waals surface area contributed by atoms with Crippen LogP contribution in [0.1, 0.15) is 34.7 Å². The van der Waals surface area contributed by atoms with Crippen LogP contribution in [0.2, 0.25) is 0 Å². The summed E-state index contributed by atoms with van der Waals surface area (Å²) in [6, 6.07) is 16.5. The van der Waals surface area contributed by atoms with Crippen LogP contribution in [-0.4, -0.2) is 75.6 Å². The van der Waals surface area contributed by atoms with Gasteiger partial charge in [-0.3, -0.25) is 14.6 Å². The van der Waals surface area contributed by atoms with Crippen LogP contribution in [0.15, 0.2) is 53.7 Å². The standard InChI is InChI=1S/C26H31N5O3S/c1-4-34-21-11-10-20(16-22(21)33-3)23(24-25(32)31-26(35-24)27-18(2)28-31)30-14-12-29(13-15-30)17-19-8-6-5-7-9-19/h5-11,16,23-24H,4,12-15,17H2,1-3H3. The highest BCUT2D eigenvalue weighted by Gasteiger charge is 2.43. The molecule has 0 aliphatic carbocycles. The topological polar surface area (TPSA) is 72.7 Å². The van der Waals surface area contributed by atoms with Crippen LogP contribution in [0.5, 0.6) is 11.5 Å². The van der Waals surface area contributed by atoms with Gasteiger partial charge in [-0.1, -0.05) is 48.2 Å². The molecule has 2 aliphatic heterocycles. The van der Waals surface area contributed by atoms with Crippen molar-refractivity contribution < 1.29 is 14.3 Å². The Morgan fingerprint density at radius 3 is 2.54 bits per heavy atom. The van der Waals surface area contributed by atoms with Crippen LogP contribution < -0.4 is 9.47 Å². The first-order valence-corrected chi connectivity index (χ1v) is 12.9. The molecular formula is C26H31N5O3S. The number of methoxy groups -OCH3 is 1. The highest BCUT2D eigenvalue weighted by Crippen LogP contribution is 2.43. The number of hydrogen-bond acceptors (Lipinski definition) is 8. The predicted octanol–water partition coefficient (Wildman–Crippen LogP) is 3.67. The summed E-state index contributed by atoms with van der Waals surface area (Å²) < 4.78 is 12.8. The number of fused-ring (bicyclic) bond motifs is 1. The van der Waals surface area contributed by atoms with E-state index in [2.05, 4.69) is 56.3 Å². The van der Waals surface area contributed by atoms with Crippen LogP contribution in [0, 0.1) is 6.92 Å². The molecule has 0 bridgehead atoms. The molecule has 3 aromatic rings. The van der Waals surface area contributed by atoms with E-state index in [0.717, 1.165) is 38.3 Å². The largest absolute Gasteiger partial charge is 0.493 e. The van der Waals surface area contributed by atoms with Gasteiger partial charge in [-0.15, -0.1) is 5.10 Å². The molecule has 184 valence electrons. The normalized spacial score (nSPS) is 19.5. The number of aromatic nitrogens is 3. The van der Waals surface area contributed by atoms with Crippen molar-refractivity contribution >= 4 is 17.7 Å². The van der Waals surface area contributed by atoms with Crippen LogP contribution in [0.3, 0.4) is 0 Å². The number of rotatable bonds is 8. The average molecular weight is 494 g/mol. The lowest BCUT2D eigenvalue weighted by molar-refractivity contribution is 0.0714. The zero-order valence-electron chi connectivity index (χ0n) is 20.4. The summed E-state index contributed by atoms with van der Waals surface area (Å²) >= 11 is 1.51. The van der Waals surface area contributed by atoms with Crippen molar-refractivity contribution in [2.45, 2.75) is 36.8 Å². The van der Waals surface area contributed by atoms with Gasteiger partial charge in [0.1, 0.15) is 11.1 Å². The summed E-state index contributed by atoms with van der Waals surface area (Å²) in [6.07, 6.45) is 0. The fourth-order valence-electron chi connectivity index (χ4n) is 4.86. The fourth-order valence-corrected chi connectivity index (χ4v) is 6.16. The van der Waals surface area contributed by atoms with E-state index in [1.807, 2.05) is 26.0 Å². The van der Waals surface area contributed by atoms with Crippen LogP contribution in [0.4, 0.5) is 0 Å². The number of ether oxygens (including phenoxy) is 2. The van der Waals surface area contributed by atoms with Gasteiger partial charge in [0.2, 0.25) is 0 Å². The van der Waals surface area contributed by atoms with Gasteiger partial charge >= 0.3 is 0 Å². The molecule has 1 fully saturated rings. The number of benzene rings is 2. The minimum atomic E-state index is -0.325. The molecule has 0 spiro atoms. The second kappa shape index (κ2) is 10.4. The molecule has 0 saturated carbocycles. The molecule has 3 heterocycles. The first kappa shape index (κ1) is 23.8. The van der Waals surface area contributed by atoms with Gasteiger partial charge in [0.25, 0.3) is 5.91 Å². The molecule has 2 aliphatic rings. The second-order valence-electron chi connectivity index (χ2n) is 8.82. The highest BCUT2D eigenvalue weighted by atomic mass is 32.2. The average Bonchev–Trinajstić information content (AvgIpc) is 3.38. The number of carbonyl (C=O) groups is 1. The summed E-state index contributed by atoms with van der Waals surface area (Å²) in [4.78, 5) is 22.8. The number of thioether (sulfide) groups is 1. The van der Waals surface area contributed by atoms with Gasteiger partial charge < -0.3 is 9.47 Å².